The van der Waals surface area contributed by atoms with E-state index in [9.17, 15) is 9.18 Å². The number of ketones is 1. The van der Waals surface area contributed by atoms with Gasteiger partial charge in [-0.25, -0.2) is 4.39 Å². The van der Waals surface area contributed by atoms with Crippen molar-refractivity contribution in [3.05, 3.63) is 68.9 Å². The minimum Gasteiger partial charge on any atom is -0.289 e. The highest BCUT2D eigenvalue weighted by atomic mass is 79.9. The Kier molecular flexibility index (Phi) is 3.62. The molecule has 0 bridgehead atoms. The standard InChI is InChI=1S/C15H12BrFO/c1-9-7-12(8-10(2)14(9)17)15(18)11-3-5-13(16)6-4-11/h3-8H,1-2H3. The number of carbonyl (C=O) groups excluding carboxylic acids is 1. The monoisotopic (exact) mass is 306 g/mol. The molecule has 2 rings (SSSR count). The lowest BCUT2D eigenvalue weighted by Gasteiger charge is -2.06. The van der Waals surface area contributed by atoms with Crippen LogP contribution in [0.25, 0.3) is 0 Å². The molecule has 0 saturated heterocycles. The van der Waals surface area contributed by atoms with Gasteiger partial charge in [0.05, 0.1) is 0 Å². The molecule has 0 radical (unpaired) electrons. The van der Waals surface area contributed by atoms with Crippen molar-refractivity contribution in [2.45, 2.75) is 13.8 Å². The first-order chi connectivity index (χ1) is 8.49. The average Bonchev–Trinajstić information content (AvgIpc) is 2.35. The Morgan fingerprint density at radius 3 is 2.00 bits per heavy atom. The van der Waals surface area contributed by atoms with Gasteiger partial charge >= 0.3 is 0 Å². The lowest BCUT2D eigenvalue weighted by molar-refractivity contribution is 0.103. The molecule has 3 heteroatoms. The normalized spacial score (nSPS) is 10.4. The summed E-state index contributed by atoms with van der Waals surface area (Å²) in [7, 11) is 0. The van der Waals surface area contributed by atoms with E-state index >= 15 is 0 Å². The van der Waals surface area contributed by atoms with E-state index in [0.29, 0.717) is 22.3 Å². The van der Waals surface area contributed by atoms with E-state index in [0.717, 1.165) is 4.47 Å². The predicted octanol–water partition coefficient (Wildman–Crippen LogP) is 4.44. The summed E-state index contributed by atoms with van der Waals surface area (Å²) in [6.45, 7) is 3.33. The van der Waals surface area contributed by atoms with E-state index in [1.807, 2.05) is 12.1 Å². The van der Waals surface area contributed by atoms with Crippen LogP contribution >= 0.6 is 15.9 Å². The molecule has 2 aromatic rings. The maximum atomic E-state index is 13.5. The maximum Gasteiger partial charge on any atom is 0.193 e. The molecule has 0 aliphatic rings. The Hall–Kier alpha value is -1.48. The van der Waals surface area contributed by atoms with Crippen molar-refractivity contribution in [3.8, 4) is 0 Å². The molecule has 92 valence electrons. The second kappa shape index (κ2) is 5.02. The van der Waals surface area contributed by atoms with E-state index in [-0.39, 0.29) is 11.6 Å². The number of hydrogen-bond donors (Lipinski definition) is 0. The zero-order valence-corrected chi connectivity index (χ0v) is 11.7. The molecule has 0 aliphatic carbocycles. The van der Waals surface area contributed by atoms with Gasteiger partial charge in [0.15, 0.2) is 5.78 Å². The van der Waals surface area contributed by atoms with Crippen molar-refractivity contribution >= 4 is 21.7 Å². The van der Waals surface area contributed by atoms with Crippen molar-refractivity contribution in [1.29, 1.82) is 0 Å². The molecule has 0 fully saturated rings. The summed E-state index contributed by atoms with van der Waals surface area (Å²) in [6, 6.07) is 10.3. The number of carbonyl (C=O) groups is 1. The van der Waals surface area contributed by atoms with Crippen LogP contribution in [0.5, 0.6) is 0 Å². The van der Waals surface area contributed by atoms with Crippen LogP contribution in [0, 0.1) is 19.7 Å². The first-order valence-corrected chi connectivity index (χ1v) is 6.35. The van der Waals surface area contributed by atoms with Crippen LogP contribution < -0.4 is 0 Å². The van der Waals surface area contributed by atoms with Gasteiger partial charge in [-0.05, 0) is 61.4 Å². The number of halogens is 2. The van der Waals surface area contributed by atoms with Crippen molar-refractivity contribution in [3.63, 3.8) is 0 Å². The first kappa shape index (κ1) is 13.0. The van der Waals surface area contributed by atoms with Gasteiger partial charge in [-0.1, -0.05) is 15.9 Å². The molecule has 1 nitrogen and oxygen atoms in total. The lowest BCUT2D eigenvalue weighted by Crippen LogP contribution is -2.03. The fourth-order valence-electron chi connectivity index (χ4n) is 1.84. The van der Waals surface area contributed by atoms with Gasteiger partial charge in [-0.2, -0.15) is 0 Å². The third-order valence-corrected chi connectivity index (χ3v) is 3.33. The van der Waals surface area contributed by atoms with Crippen LogP contribution in [0.15, 0.2) is 40.9 Å². The third-order valence-electron chi connectivity index (χ3n) is 2.81. The van der Waals surface area contributed by atoms with Crippen LogP contribution in [0.1, 0.15) is 27.0 Å². The second-order valence-electron chi connectivity index (χ2n) is 4.26. The lowest BCUT2D eigenvalue weighted by atomic mass is 9.99. The molecule has 18 heavy (non-hydrogen) atoms. The third kappa shape index (κ3) is 2.51. The van der Waals surface area contributed by atoms with Crippen LogP contribution in [-0.2, 0) is 0 Å². The van der Waals surface area contributed by atoms with Gasteiger partial charge in [0.25, 0.3) is 0 Å². The summed E-state index contributed by atoms with van der Waals surface area (Å²) in [5.41, 5.74) is 2.11. The van der Waals surface area contributed by atoms with E-state index < -0.39 is 0 Å². The number of hydrogen-bond acceptors (Lipinski definition) is 1. The zero-order chi connectivity index (χ0) is 13.3. The molecule has 0 amide bonds. The summed E-state index contributed by atoms with van der Waals surface area (Å²) < 4.78 is 14.4. The molecule has 0 saturated carbocycles. The molecule has 0 atom stereocenters. The van der Waals surface area contributed by atoms with Gasteiger partial charge < -0.3 is 0 Å². The van der Waals surface area contributed by atoms with E-state index in [4.69, 9.17) is 0 Å². The first-order valence-electron chi connectivity index (χ1n) is 5.56. The van der Waals surface area contributed by atoms with Gasteiger partial charge in [-0.3, -0.25) is 4.79 Å². The Labute approximate surface area is 114 Å². The van der Waals surface area contributed by atoms with Gasteiger partial charge in [0.2, 0.25) is 0 Å². The number of rotatable bonds is 2. The summed E-state index contributed by atoms with van der Waals surface area (Å²) in [6.07, 6.45) is 0. The molecule has 0 N–H and O–H groups in total. The highest BCUT2D eigenvalue weighted by Gasteiger charge is 2.12. The predicted molar refractivity (Wildman–Crippen MR) is 73.4 cm³/mol. The highest BCUT2D eigenvalue weighted by Crippen LogP contribution is 2.19. The van der Waals surface area contributed by atoms with Gasteiger partial charge in [0, 0.05) is 15.6 Å². The van der Waals surface area contributed by atoms with Crippen LogP contribution in [0.2, 0.25) is 0 Å². The van der Waals surface area contributed by atoms with Crippen molar-refractivity contribution < 1.29 is 9.18 Å². The Morgan fingerprint density at radius 2 is 1.50 bits per heavy atom. The second-order valence-corrected chi connectivity index (χ2v) is 5.18. The highest BCUT2D eigenvalue weighted by molar-refractivity contribution is 9.10. The van der Waals surface area contributed by atoms with E-state index in [1.54, 1.807) is 38.1 Å². The summed E-state index contributed by atoms with van der Waals surface area (Å²) in [4.78, 5) is 12.2. The quantitative estimate of drug-likeness (QED) is 0.750. The van der Waals surface area contributed by atoms with Crippen molar-refractivity contribution in [2.75, 3.05) is 0 Å². The molecule has 0 unspecified atom stereocenters. The SMILES string of the molecule is Cc1cc(C(=O)c2ccc(Br)cc2)cc(C)c1F. The molecule has 0 spiro atoms. The molecule has 0 aliphatic heterocycles. The minimum atomic E-state index is -0.248. The molecule has 0 heterocycles. The average molecular weight is 307 g/mol. The number of aryl methyl sites for hydroxylation is 2. The van der Waals surface area contributed by atoms with Crippen molar-refractivity contribution in [2.24, 2.45) is 0 Å². The Morgan fingerprint density at radius 1 is 1.00 bits per heavy atom. The fourth-order valence-corrected chi connectivity index (χ4v) is 2.11. The maximum absolute atomic E-state index is 13.5. The van der Waals surface area contributed by atoms with E-state index in [1.165, 1.54) is 0 Å². The van der Waals surface area contributed by atoms with Crippen molar-refractivity contribution in [1.82, 2.24) is 0 Å². The minimum absolute atomic E-state index is 0.0892. The fraction of sp³-hybridized carbons (Fsp3) is 0.133. The summed E-state index contributed by atoms with van der Waals surface area (Å²) in [5.74, 6) is -0.337. The largest absolute Gasteiger partial charge is 0.289 e. The Balaban J connectivity index is 2.43. The molecule has 0 aromatic heterocycles. The van der Waals surface area contributed by atoms with Crippen LogP contribution in [0.3, 0.4) is 0 Å². The van der Waals surface area contributed by atoms with Crippen LogP contribution in [-0.4, -0.2) is 5.78 Å². The zero-order valence-electron chi connectivity index (χ0n) is 10.1. The van der Waals surface area contributed by atoms with Gasteiger partial charge in [-0.15, -0.1) is 0 Å². The molecular weight excluding hydrogens is 295 g/mol. The topological polar surface area (TPSA) is 17.1 Å². The van der Waals surface area contributed by atoms with Crippen LogP contribution in [0.4, 0.5) is 4.39 Å². The summed E-state index contributed by atoms with van der Waals surface area (Å²) >= 11 is 3.32. The Bertz CT molecular complexity index is 579. The van der Waals surface area contributed by atoms with E-state index in [2.05, 4.69) is 15.9 Å². The molecular formula is C15H12BrFO. The molecule has 2 aromatic carbocycles. The number of benzene rings is 2. The summed E-state index contributed by atoms with van der Waals surface area (Å²) in [5, 5.41) is 0. The smallest absolute Gasteiger partial charge is 0.193 e. The van der Waals surface area contributed by atoms with Gasteiger partial charge in [0.1, 0.15) is 5.82 Å².